The smallest absolute Gasteiger partial charge is 0.138 e. The first-order valence-corrected chi connectivity index (χ1v) is 7.76. The van der Waals surface area contributed by atoms with Crippen LogP contribution in [0.5, 0.6) is 0 Å². The minimum Gasteiger partial charge on any atom is -0.308 e. The molecule has 0 aliphatic carbocycles. The summed E-state index contributed by atoms with van der Waals surface area (Å²) in [5, 5.41) is 7.77. The number of aryl methyl sites for hydroxylation is 1. The average molecular weight is 338 g/mol. The van der Waals surface area contributed by atoms with E-state index in [-0.39, 0.29) is 6.04 Å². The molecule has 0 bridgehead atoms. The van der Waals surface area contributed by atoms with Gasteiger partial charge in [0.25, 0.3) is 0 Å². The van der Waals surface area contributed by atoms with Gasteiger partial charge < -0.3 is 5.32 Å². The second kappa shape index (κ2) is 7.50. The van der Waals surface area contributed by atoms with E-state index in [4.69, 9.17) is 0 Å². The van der Waals surface area contributed by atoms with Crippen molar-refractivity contribution >= 4 is 15.9 Å². The Balaban J connectivity index is 2.22. The van der Waals surface area contributed by atoms with Gasteiger partial charge in [0, 0.05) is 23.6 Å². The molecule has 0 aliphatic rings. The maximum atomic E-state index is 4.50. The third-order valence-electron chi connectivity index (χ3n) is 3.14. The van der Waals surface area contributed by atoms with E-state index in [0.29, 0.717) is 0 Å². The zero-order chi connectivity index (χ0) is 14.4. The van der Waals surface area contributed by atoms with Gasteiger partial charge in [-0.3, -0.25) is 9.67 Å². The minimum atomic E-state index is 0.139. The fraction of sp³-hybridized carbons (Fsp3) is 0.500. The first kappa shape index (κ1) is 15.1. The number of nitrogens with one attached hydrogen (secondary N) is 1. The summed E-state index contributed by atoms with van der Waals surface area (Å²) in [6.45, 7) is 6.02. The molecule has 0 radical (unpaired) electrons. The lowest BCUT2D eigenvalue weighted by Gasteiger charge is -2.19. The molecule has 0 amide bonds. The molecular formula is C14H20BrN5. The second-order valence-electron chi connectivity index (χ2n) is 4.57. The van der Waals surface area contributed by atoms with E-state index in [9.17, 15) is 0 Å². The quantitative estimate of drug-likeness (QED) is 0.843. The first-order valence-electron chi connectivity index (χ1n) is 6.96. The van der Waals surface area contributed by atoms with Crippen LogP contribution in [0.3, 0.4) is 0 Å². The number of aromatic nitrogens is 4. The van der Waals surface area contributed by atoms with Crippen molar-refractivity contribution in [1.29, 1.82) is 0 Å². The van der Waals surface area contributed by atoms with Gasteiger partial charge in [0.2, 0.25) is 0 Å². The Kier molecular flexibility index (Phi) is 5.67. The summed E-state index contributed by atoms with van der Waals surface area (Å²) in [6.07, 6.45) is 5.30. The highest BCUT2D eigenvalue weighted by Gasteiger charge is 2.18. The first-order chi connectivity index (χ1) is 9.76. The van der Waals surface area contributed by atoms with E-state index < -0.39 is 0 Å². The van der Waals surface area contributed by atoms with Crippen molar-refractivity contribution in [2.45, 2.75) is 39.3 Å². The van der Waals surface area contributed by atoms with Crippen LogP contribution in [-0.2, 0) is 13.0 Å². The molecule has 20 heavy (non-hydrogen) atoms. The summed E-state index contributed by atoms with van der Waals surface area (Å²) in [5.41, 5.74) is 1.02. The van der Waals surface area contributed by atoms with Gasteiger partial charge >= 0.3 is 0 Å². The highest BCUT2D eigenvalue weighted by Crippen LogP contribution is 2.23. The third kappa shape index (κ3) is 3.64. The summed E-state index contributed by atoms with van der Waals surface area (Å²) < 4.78 is 2.95. The Morgan fingerprint density at radius 2 is 2.20 bits per heavy atom. The summed E-state index contributed by atoms with van der Waals surface area (Å²) in [6, 6.07) is 4.09. The van der Waals surface area contributed by atoms with Crippen LogP contribution in [0.2, 0.25) is 0 Å². The van der Waals surface area contributed by atoms with Crippen molar-refractivity contribution in [3.63, 3.8) is 0 Å². The standard InChI is InChI=1S/C14H20BrN5/c1-3-7-16-12(14-11(15)6-5-8-17-14)9-13-18-10-19-20(13)4-2/h5-6,8,10,12,16H,3-4,7,9H2,1-2H3. The molecule has 2 aromatic heterocycles. The van der Waals surface area contributed by atoms with Gasteiger partial charge in [-0.1, -0.05) is 6.92 Å². The fourth-order valence-corrected chi connectivity index (χ4v) is 2.66. The molecule has 2 heterocycles. The van der Waals surface area contributed by atoms with Crippen LogP contribution in [0.25, 0.3) is 0 Å². The van der Waals surface area contributed by atoms with E-state index in [2.05, 4.69) is 50.2 Å². The largest absolute Gasteiger partial charge is 0.308 e. The van der Waals surface area contributed by atoms with E-state index in [0.717, 1.165) is 41.9 Å². The zero-order valence-electron chi connectivity index (χ0n) is 11.9. The molecule has 5 nitrogen and oxygen atoms in total. The molecular weight excluding hydrogens is 318 g/mol. The highest BCUT2D eigenvalue weighted by molar-refractivity contribution is 9.10. The SMILES string of the molecule is CCCNC(Cc1ncnn1CC)c1ncccc1Br. The number of hydrogen-bond acceptors (Lipinski definition) is 4. The molecule has 0 aliphatic heterocycles. The molecule has 2 rings (SSSR count). The van der Waals surface area contributed by atoms with Crippen molar-refractivity contribution in [2.75, 3.05) is 6.54 Å². The molecule has 2 aromatic rings. The predicted molar refractivity (Wildman–Crippen MR) is 82.4 cm³/mol. The van der Waals surface area contributed by atoms with Crippen LogP contribution < -0.4 is 5.32 Å². The Labute approximate surface area is 128 Å². The van der Waals surface area contributed by atoms with Crippen LogP contribution in [0.1, 0.15) is 37.8 Å². The number of nitrogens with zero attached hydrogens (tertiary/aromatic N) is 4. The molecule has 1 unspecified atom stereocenters. The summed E-state index contributed by atoms with van der Waals surface area (Å²) in [7, 11) is 0. The van der Waals surface area contributed by atoms with Crippen molar-refractivity contribution < 1.29 is 0 Å². The normalized spacial score (nSPS) is 12.6. The van der Waals surface area contributed by atoms with Crippen molar-refractivity contribution in [2.24, 2.45) is 0 Å². The molecule has 108 valence electrons. The van der Waals surface area contributed by atoms with E-state index >= 15 is 0 Å². The fourth-order valence-electron chi connectivity index (χ4n) is 2.13. The molecule has 0 saturated heterocycles. The lowest BCUT2D eigenvalue weighted by molar-refractivity contribution is 0.486. The molecule has 1 N–H and O–H groups in total. The van der Waals surface area contributed by atoms with E-state index in [1.54, 1.807) is 6.33 Å². The maximum Gasteiger partial charge on any atom is 0.138 e. The number of halogens is 1. The Hall–Kier alpha value is -1.27. The van der Waals surface area contributed by atoms with Gasteiger partial charge in [0.15, 0.2) is 0 Å². The summed E-state index contributed by atoms with van der Waals surface area (Å²) in [5.74, 6) is 0.985. The van der Waals surface area contributed by atoms with Gasteiger partial charge in [-0.2, -0.15) is 5.10 Å². The molecule has 0 spiro atoms. The van der Waals surface area contributed by atoms with Crippen molar-refractivity contribution in [3.8, 4) is 0 Å². The monoisotopic (exact) mass is 337 g/mol. The molecule has 0 aromatic carbocycles. The molecule has 6 heteroatoms. The van der Waals surface area contributed by atoms with Crippen LogP contribution in [0.4, 0.5) is 0 Å². The molecule has 0 saturated carbocycles. The van der Waals surface area contributed by atoms with Gasteiger partial charge in [-0.15, -0.1) is 0 Å². The van der Waals surface area contributed by atoms with Crippen molar-refractivity contribution in [1.82, 2.24) is 25.1 Å². The van der Waals surface area contributed by atoms with Crippen LogP contribution in [0, 0.1) is 0 Å². The van der Waals surface area contributed by atoms with Gasteiger partial charge in [0.05, 0.1) is 11.7 Å². The Morgan fingerprint density at radius 1 is 1.35 bits per heavy atom. The molecule has 1 atom stereocenters. The van der Waals surface area contributed by atoms with Crippen molar-refractivity contribution in [3.05, 3.63) is 40.6 Å². The Morgan fingerprint density at radius 3 is 2.90 bits per heavy atom. The van der Waals surface area contributed by atoms with E-state index in [1.165, 1.54) is 0 Å². The topological polar surface area (TPSA) is 55.6 Å². The van der Waals surface area contributed by atoms with Crippen LogP contribution in [0.15, 0.2) is 29.1 Å². The number of rotatable bonds is 7. The van der Waals surface area contributed by atoms with Gasteiger partial charge in [-0.05, 0) is 48.0 Å². The van der Waals surface area contributed by atoms with Crippen LogP contribution >= 0.6 is 15.9 Å². The third-order valence-corrected chi connectivity index (χ3v) is 3.81. The highest BCUT2D eigenvalue weighted by atomic mass is 79.9. The summed E-state index contributed by atoms with van der Waals surface area (Å²) >= 11 is 3.58. The molecule has 0 fully saturated rings. The van der Waals surface area contributed by atoms with Gasteiger partial charge in [-0.25, -0.2) is 4.98 Å². The van der Waals surface area contributed by atoms with Gasteiger partial charge in [0.1, 0.15) is 12.2 Å². The average Bonchev–Trinajstić information content (AvgIpc) is 2.91. The predicted octanol–water partition coefficient (Wildman–Crippen LogP) is 2.74. The number of pyridine rings is 1. The minimum absolute atomic E-state index is 0.139. The van der Waals surface area contributed by atoms with Crippen LogP contribution in [-0.4, -0.2) is 26.3 Å². The van der Waals surface area contributed by atoms with E-state index in [1.807, 2.05) is 23.0 Å². The summed E-state index contributed by atoms with van der Waals surface area (Å²) in [4.78, 5) is 8.86. The second-order valence-corrected chi connectivity index (χ2v) is 5.43. The Bertz CT molecular complexity index is 540. The lowest BCUT2D eigenvalue weighted by atomic mass is 10.1. The zero-order valence-corrected chi connectivity index (χ0v) is 13.5. The maximum absolute atomic E-state index is 4.50. The lowest BCUT2D eigenvalue weighted by Crippen LogP contribution is -2.26. The number of hydrogen-bond donors (Lipinski definition) is 1.